The average Bonchev–Trinajstić information content (AvgIpc) is 3.34. The molecule has 0 unspecified atom stereocenters. The number of hydrogen-bond donors (Lipinski definition) is 1. The number of nitrogens with one attached hydrogen (secondary N) is 1. The molecular formula is C27H41ClN4S. The zero-order valence-electron chi connectivity index (χ0n) is 20.9. The van der Waals surface area contributed by atoms with Crippen molar-refractivity contribution in [2.45, 2.75) is 103 Å². The smallest absolute Gasteiger partial charge is 0.175 e. The molecule has 1 N–H and O–H groups in total. The lowest BCUT2D eigenvalue weighted by Gasteiger charge is -2.14. The first-order valence-corrected chi connectivity index (χ1v) is 14.3. The van der Waals surface area contributed by atoms with E-state index in [2.05, 4.69) is 67.1 Å². The number of halogens is 1. The molecular weight excluding hydrogens is 448 g/mol. The second-order valence-electron chi connectivity index (χ2n) is 10.2. The highest BCUT2D eigenvalue weighted by Crippen LogP contribution is 2.32. The Balaban J connectivity index is 1.41. The summed E-state index contributed by atoms with van der Waals surface area (Å²) in [6.07, 6.45) is 13.9. The summed E-state index contributed by atoms with van der Waals surface area (Å²) >= 11 is 8.61. The highest BCUT2D eigenvalue weighted by molar-refractivity contribution is 7.98. The molecule has 182 valence electrons. The van der Waals surface area contributed by atoms with Crippen LogP contribution in [0.15, 0.2) is 24.3 Å². The van der Waals surface area contributed by atoms with Crippen LogP contribution in [0.1, 0.15) is 103 Å². The molecule has 0 bridgehead atoms. The third kappa shape index (κ3) is 7.78. The van der Waals surface area contributed by atoms with Gasteiger partial charge in [-0.25, -0.2) is 0 Å². The van der Waals surface area contributed by atoms with E-state index in [1.807, 2.05) is 11.8 Å². The normalized spacial score (nSPS) is 12.2. The van der Waals surface area contributed by atoms with Crippen LogP contribution in [0.2, 0.25) is 5.02 Å². The topological polar surface area (TPSA) is 46.0 Å². The first kappa shape index (κ1) is 26.2. The molecule has 0 spiro atoms. The molecule has 0 aliphatic heterocycles. The van der Waals surface area contributed by atoms with Crippen LogP contribution in [0.4, 0.5) is 0 Å². The quantitative estimate of drug-likeness (QED) is 0.230. The fourth-order valence-electron chi connectivity index (χ4n) is 4.10. The molecule has 2 heterocycles. The van der Waals surface area contributed by atoms with Gasteiger partial charge in [0.05, 0.1) is 5.69 Å². The molecule has 0 aliphatic rings. The Hall–Kier alpha value is -1.46. The molecule has 0 atom stereocenters. The van der Waals surface area contributed by atoms with E-state index in [0.717, 1.165) is 28.5 Å². The van der Waals surface area contributed by atoms with Gasteiger partial charge in [-0.15, -0.1) is 9.73 Å². The Morgan fingerprint density at radius 3 is 2.24 bits per heavy atom. The van der Waals surface area contributed by atoms with E-state index >= 15 is 0 Å². The second-order valence-corrected chi connectivity index (χ2v) is 11.6. The molecule has 0 saturated heterocycles. The number of aromatic amines is 1. The van der Waals surface area contributed by atoms with Gasteiger partial charge in [-0.1, -0.05) is 115 Å². The summed E-state index contributed by atoms with van der Waals surface area (Å²) in [4.78, 5) is 3.37. The highest BCUT2D eigenvalue weighted by Gasteiger charge is 2.25. The van der Waals surface area contributed by atoms with Crippen LogP contribution in [0.3, 0.4) is 0 Å². The molecule has 0 aliphatic carbocycles. The Kier molecular flexibility index (Phi) is 10.2. The maximum absolute atomic E-state index is 6.58. The number of thioether (sulfide) groups is 1. The molecule has 3 rings (SSSR count). The number of nitrogens with zero attached hydrogens (tertiary/aromatic N) is 3. The maximum Gasteiger partial charge on any atom is 0.175 e. The van der Waals surface area contributed by atoms with Gasteiger partial charge in [0, 0.05) is 16.7 Å². The average molecular weight is 489 g/mol. The first-order chi connectivity index (χ1) is 15.9. The van der Waals surface area contributed by atoms with Crippen LogP contribution in [0.25, 0.3) is 17.0 Å². The summed E-state index contributed by atoms with van der Waals surface area (Å²) in [6, 6.07) is 8.63. The van der Waals surface area contributed by atoms with Crippen molar-refractivity contribution in [3.8, 4) is 11.4 Å². The van der Waals surface area contributed by atoms with Gasteiger partial charge in [0.25, 0.3) is 0 Å². The van der Waals surface area contributed by atoms with Crippen molar-refractivity contribution in [3.05, 3.63) is 40.5 Å². The van der Waals surface area contributed by atoms with Gasteiger partial charge in [-0.2, -0.15) is 16.9 Å². The number of rotatable bonds is 14. The van der Waals surface area contributed by atoms with Crippen molar-refractivity contribution in [1.82, 2.24) is 19.8 Å². The molecule has 4 nitrogen and oxygen atoms in total. The Labute approximate surface area is 209 Å². The van der Waals surface area contributed by atoms with Crippen LogP contribution in [0.5, 0.6) is 0 Å². The van der Waals surface area contributed by atoms with E-state index in [1.54, 1.807) is 4.63 Å². The van der Waals surface area contributed by atoms with Crippen molar-refractivity contribution in [1.29, 1.82) is 0 Å². The van der Waals surface area contributed by atoms with Crippen molar-refractivity contribution in [3.63, 3.8) is 0 Å². The summed E-state index contributed by atoms with van der Waals surface area (Å²) in [7, 11) is 0. The first-order valence-electron chi connectivity index (χ1n) is 12.7. The van der Waals surface area contributed by atoms with E-state index in [9.17, 15) is 0 Å². The van der Waals surface area contributed by atoms with E-state index in [4.69, 9.17) is 11.6 Å². The third-order valence-corrected chi connectivity index (χ3v) is 7.54. The van der Waals surface area contributed by atoms with Crippen LogP contribution < -0.4 is 0 Å². The van der Waals surface area contributed by atoms with Crippen molar-refractivity contribution < 1.29 is 0 Å². The summed E-state index contributed by atoms with van der Waals surface area (Å²) in [6.45, 7) is 8.61. The van der Waals surface area contributed by atoms with Crippen LogP contribution >= 0.6 is 23.4 Å². The summed E-state index contributed by atoms with van der Waals surface area (Å²) in [5.74, 6) is 3.08. The third-order valence-electron chi connectivity index (χ3n) is 6.06. The van der Waals surface area contributed by atoms with E-state index in [1.165, 1.54) is 75.5 Å². The van der Waals surface area contributed by atoms with Crippen molar-refractivity contribution >= 4 is 29.0 Å². The minimum Gasteiger partial charge on any atom is -0.320 e. The summed E-state index contributed by atoms with van der Waals surface area (Å²) < 4.78 is 1.63. The Bertz CT molecular complexity index is 986. The minimum absolute atomic E-state index is 0.114. The standard InChI is InChI=1S/C27H41ClN4S/c1-5-6-7-8-9-10-11-12-13-14-18-33-20-21-16-15-17-22(19-21)25-29-26-23(28)24(27(2,3)4)30-32(26)31-25/h15-17,19H,5-14,18,20H2,1-4H3,(H,29,31). The SMILES string of the molecule is CCCCCCCCCCCCSCc1cccc(-c2nn3nc(C(C)(C)C)c(Cl)c3[nH]2)c1. The van der Waals surface area contributed by atoms with E-state index < -0.39 is 0 Å². The zero-order chi connectivity index (χ0) is 23.7. The van der Waals surface area contributed by atoms with Crippen LogP contribution in [-0.4, -0.2) is 25.6 Å². The van der Waals surface area contributed by atoms with Crippen molar-refractivity contribution in [2.75, 3.05) is 5.75 Å². The predicted molar refractivity (Wildman–Crippen MR) is 144 cm³/mol. The highest BCUT2D eigenvalue weighted by atomic mass is 35.5. The lowest BCUT2D eigenvalue weighted by atomic mass is 9.92. The lowest BCUT2D eigenvalue weighted by molar-refractivity contribution is 0.557. The monoisotopic (exact) mass is 488 g/mol. The number of fused-ring (bicyclic) bond motifs is 1. The van der Waals surface area contributed by atoms with Crippen LogP contribution in [-0.2, 0) is 11.2 Å². The number of hydrogen-bond acceptors (Lipinski definition) is 3. The van der Waals surface area contributed by atoms with Crippen LogP contribution in [0, 0.1) is 0 Å². The Morgan fingerprint density at radius 1 is 0.939 bits per heavy atom. The van der Waals surface area contributed by atoms with Gasteiger partial charge in [0.2, 0.25) is 0 Å². The number of benzene rings is 1. The number of aromatic nitrogens is 4. The van der Waals surface area contributed by atoms with Gasteiger partial charge >= 0.3 is 0 Å². The number of H-pyrrole nitrogens is 1. The second kappa shape index (κ2) is 12.9. The maximum atomic E-state index is 6.58. The lowest BCUT2D eigenvalue weighted by Crippen LogP contribution is -2.12. The molecule has 6 heteroatoms. The van der Waals surface area contributed by atoms with Gasteiger partial charge in [0.1, 0.15) is 5.02 Å². The largest absolute Gasteiger partial charge is 0.320 e. The predicted octanol–water partition coefficient (Wildman–Crippen LogP) is 8.83. The molecule has 3 aromatic rings. The minimum atomic E-state index is -0.114. The van der Waals surface area contributed by atoms with Gasteiger partial charge in [-0.3, -0.25) is 0 Å². The van der Waals surface area contributed by atoms with Gasteiger partial charge < -0.3 is 4.98 Å². The molecule has 0 saturated carbocycles. The number of unbranched alkanes of at least 4 members (excludes halogenated alkanes) is 9. The molecule has 2 aromatic heterocycles. The Morgan fingerprint density at radius 2 is 1.61 bits per heavy atom. The van der Waals surface area contributed by atoms with E-state index in [-0.39, 0.29) is 5.41 Å². The molecule has 33 heavy (non-hydrogen) atoms. The summed E-state index contributed by atoms with van der Waals surface area (Å²) in [5.41, 5.74) is 3.92. The van der Waals surface area contributed by atoms with Gasteiger partial charge in [0.15, 0.2) is 11.5 Å². The molecule has 1 aromatic carbocycles. The zero-order valence-corrected chi connectivity index (χ0v) is 22.5. The summed E-state index contributed by atoms with van der Waals surface area (Å²) in [5, 5.41) is 9.90. The van der Waals surface area contributed by atoms with Crippen molar-refractivity contribution in [2.24, 2.45) is 0 Å². The molecule has 0 fully saturated rings. The molecule has 0 amide bonds. The molecule has 0 radical (unpaired) electrons. The van der Waals surface area contributed by atoms with E-state index in [0.29, 0.717) is 5.02 Å². The van der Waals surface area contributed by atoms with Gasteiger partial charge in [-0.05, 0) is 23.8 Å². The fraction of sp³-hybridized carbons (Fsp3) is 0.630. The fourth-order valence-corrected chi connectivity index (χ4v) is 5.51.